The van der Waals surface area contributed by atoms with Crippen LogP contribution in [0.3, 0.4) is 0 Å². The van der Waals surface area contributed by atoms with E-state index in [1.807, 2.05) is 6.92 Å². The van der Waals surface area contributed by atoms with Gasteiger partial charge in [0.05, 0.1) is 0 Å². The third-order valence-electron chi connectivity index (χ3n) is 6.36. The summed E-state index contributed by atoms with van der Waals surface area (Å²) in [7, 11) is 4.20. The Hall–Kier alpha value is -1.39. The van der Waals surface area contributed by atoms with Gasteiger partial charge < -0.3 is 9.80 Å². The average molecular weight is 372 g/mol. The third kappa shape index (κ3) is 5.55. The average Bonchev–Trinajstić information content (AvgIpc) is 3.11. The predicted octanol–water partition coefficient (Wildman–Crippen LogP) is 3.06. The summed E-state index contributed by atoms with van der Waals surface area (Å²) in [5.41, 5.74) is 3.09. The maximum Gasteiger partial charge on any atom is 0.222 e. The predicted molar refractivity (Wildman–Crippen MR) is 112 cm³/mol. The lowest BCUT2D eigenvalue weighted by molar-refractivity contribution is -0.131. The highest BCUT2D eigenvalue weighted by molar-refractivity contribution is 5.75. The lowest BCUT2D eigenvalue weighted by Gasteiger charge is -2.38. The summed E-state index contributed by atoms with van der Waals surface area (Å²) in [6.07, 6.45) is 6.58. The van der Waals surface area contributed by atoms with E-state index < -0.39 is 0 Å². The van der Waals surface area contributed by atoms with Crippen molar-refractivity contribution in [2.75, 3.05) is 46.8 Å². The first-order chi connectivity index (χ1) is 13.1. The highest BCUT2D eigenvalue weighted by Gasteiger charge is 2.30. The molecular weight excluding hydrogens is 334 g/mol. The Labute approximate surface area is 165 Å². The number of likely N-dealkylation sites (tertiary alicyclic amines) is 1. The van der Waals surface area contributed by atoms with Crippen molar-refractivity contribution in [1.82, 2.24) is 14.7 Å². The number of rotatable bonds is 8. The van der Waals surface area contributed by atoms with Gasteiger partial charge in [0.2, 0.25) is 5.91 Å². The molecular formula is C23H37N3O. The SMILES string of the molecule is CCC(=O)N(CCCN(C)C)CC1CCN(C2Cc3ccccc3C2)CC1. The van der Waals surface area contributed by atoms with Crippen LogP contribution in [0.25, 0.3) is 0 Å². The number of benzene rings is 1. The summed E-state index contributed by atoms with van der Waals surface area (Å²) < 4.78 is 0. The molecule has 0 unspecified atom stereocenters. The molecule has 1 aliphatic carbocycles. The van der Waals surface area contributed by atoms with Gasteiger partial charge in [0.15, 0.2) is 0 Å². The fourth-order valence-electron chi connectivity index (χ4n) is 4.73. The van der Waals surface area contributed by atoms with Crippen molar-refractivity contribution in [3.8, 4) is 0 Å². The molecule has 0 atom stereocenters. The van der Waals surface area contributed by atoms with Crippen LogP contribution < -0.4 is 0 Å². The molecule has 0 spiro atoms. The van der Waals surface area contributed by atoms with Crippen LogP contribution in [0.5, 0.6) is 0 Å². The zero-order valence-corrected chi connectivity index (χ0v) is 17.5. The molecule has 4 nitrogen and oxygen atoms in total. The van der Waals surface area contributed by atoms with Crippen LogP contribution in [0.4, 0.5) is 0 Å². The van der Waals surface area contributed by atoms with Crippen molar-refractivity contribution in [2.24, 2.45) is 5.92 Å². The maximum atomic E-state index is 12.4. The van der Waals surface area contributed by atoms with Gasteiger partial charge >= 0.3 is 0 Å². The van der Waals surface area contributed by atoms with E-state index >= 15 is 0 Å². The molecule has 0 saturated carbocycles. The minimum atomic E-state index is 0.322. The lowest BCUT2D eigenvalue weighted by atomic mass is 9.94. The van der Waals surface area contributed by atoms with Crippen LogP contribution in [0.1, 0.15) is 43.7 Å². The van der Waals surface area contributed by atoms with Crippen LogP contribution in [-0.4, -0.2) is 73.5 Å². The third-order valence-corrected chi connectivity index (χ3v) is 6.36. The highest BCUT2D eigenvalue weighted by Crippen LogP contribution is 2.29. The van der Waals surface area contributed by atoms with Crippen LogP contribution in [0.15, 0.2) is 24.3 Å². The van der Waals surface area contributed by atoms with E-state index in [2.05, 4.69) is 53.1 Å². The van der Waals surface area contributed by atoms with Gasteiger partial charge in [-0.05, 0) is 82.9 Å². The van der Waals surface area contributed by atoms with Crippen LogP contribution in [-0.2, 0) is 17.6 Å². The minimum Gasteiger partial charge on any atom is -0.342 e. The lowest BCUT2D eigenvalue weighted by Crippen LogP contribution is -2.45. The Morgan fingerprint density at radius 2 is 1.70 bits per heavy atom. The van der Waals surface area contributed by atoms with Crippen molar-refractivity contribution in [3.05, 3.63) is 35.4 Å². The number of carbonyl (C=O) groups excluding carboxylic acids is 1. The number of hydrogen-bond donors (Lipinski definition) is 0. The molecule has 1 aliphatic heterocycles. The van der Waals surface area contributed by atoms with Gasteiger partial charge in [0, 0.05) is 25.6 Å². The summed E-state index contributed by atoms with van der Waals surface area (Å²) in [5, 5.41) is 0. The molecule has 0 aromatic heterocycles. The van der Waals surface area contributed by atoms with Gasteiger partial charge in [-0.25, -0.2) is 0 Å². The molecule has 1 aromatic rings. The van der Waals surface area contributed by atoms with Gasteiger partial charge in [0.25, 0.3) is 0 Å². The second kappa shape index (κ2) is 9.70. The second-order valence-electron chi connectivity index (χ2n) is 8.66. The number of amides is 1. The van der Waals surface area contributed by atoms with Gasteiger partial charge in [-0.15, -0.1) is 0 Å². The first-order valence-corrected chi connectivity index (χ1v) is 10.8. The van der Waals surface area contributed by atoms with Crippen LogP contribution in [0.2, 0.25) is 0 Å². The van der Waals surface area contributed by atoms with E-state index in [0.29, 0.717) is 24.3 Å². The molecule has 1 aromatic carbocycles. The summed E-state index contributed by atoms with van der Waals surface area (Å²) in [6, 6.07) is 9.62. The molecule has 1 amide bonds. The molecule has 0 bridgehead atoms. The Morgan fingerprint density at radius 3 is 2.26 bits per heavy atom. The van der Waals surface area contributed by atoms with Crippen molar-refractivity contribution in [3.63, 3.8) is 0 Å². The Balaban J connectivity index is 1.45. The van der Waals surface area contributed by atoms with E-state index in [1.54, 1.807) is 11.1 Å². The monoisotopic (exact) mass is 371 g/mol. The first-order valence-electron chi connectivity index (χ1n) is 10.8. The van der Waals surface area contributed by atoms with Gasteiger partial charge in [0.1, 0.15) is 0 Å². The van der Waals surface area contributed by atoms with Gasteiger partial charge in [-0.3, -0.25) is 9.69 Å². The van der Waals surface area contributed by atoms with Crippen molar-refractivity contribution in [2.45, 2.75) is 51.5 Å². The molecule has 27 heavy (non-hydrogen) atoms. The molecule has 3 rings (SSSR count). The van der Waals surface area contributed by atoms with Gasteiger partial charge in [-0.1, -0.05) is 31.2 Å². The summed E-state index contributed by atoms with van der Waals surface area (Å²) in [5.74, 6) is 0.988. The van der Waals surface area contributed by atoms with E-state index in [9.17, 15) is 4.79 Å². The Kier molecular flexibility index (Phi) is 7.31. The molecule has 1 heterocycles. The summed E-state index contributed by atoms with van der Waals surface area (Å²) in [6.45, 7) is 7.28. The van der Waals surface area contributed by atoms with Crippen molar-refractivity contribution >= 4 is 5.91 Å². The molecule has 1 fully saturated rings. The highest BCUT2D eigenvalue weighted by atomic mass is 16.2. The topological polar surface area (TPSA) is 26.8 Å². The molecule has 4 heteroatoms. The van der Waals surface area contributed by atoms with Gasteiger partial charge in [-0.2, -0.15) is 0 Å². The smallest absolute Gasteiger partial charge is 0.222 e. The van der Waals surface area contributed by atoms with Crippen molar-refractivity contribution in [1.29, 1.82) is 0 Å². The van der Waals surface area contributed by atoms with E-state index in [-0.39, 0.29) is 0 Å². The zero-order valence-electron chi connectivity index (χ0n) is 17.5. The maximum absolute atomic E-state index is 12.4. The minimum absolute atomic E-state index is 0.322. The van der Waals surface area contributed by atoms with Crippen molar-refractivity contribution < 1.29 is 4.79 Å². The number of piperidine rings is 1. The van der Waals surface area contributed by atoms with E-state index in [4.69, 9.17) is 0 Å². The largest absolute Gasteiger partial charge is 0.342 e. The van der Waals surface area contributed by atoms with Crippen LogP contribution in [0, 0.1) is 5.92 Å². The fourth-order valence-corrected chi connectivity index (χ4v) is 4.73. The van der Waals surface area contributed by atoms with Crippen LogP contribution >= 0.6 is 0 Å². The van der Waals surface area contributed by atoms with E-state index in [0.717, 1.165) is 26.1 Å². The number of nitrogens with zero attached hydrogens (tertiary/aromatic N) is 3. The summed E-state index contributed by atoms with van der Waals surface area (Å²) >= 11 is 0. The quantitative estimate of drug-likeness (QED) is 0.703. The molecule has 1 saturated heterocycles. The molecule has 150 valence electrons. The molecule has 2 aliphatic rings. The standard InChI is InChI=1S/C23H37N3O/c1-4-23(27)26(13-7-12-24(2)3)18-19-10-14-25(15-11-19)22-16-20-8-5-6-9-21(20)17-22/h5-6,8-9,19,22H,4,7,10-18H2,1-3H3. The zero-order chi connectivity index (χ0) is 19.2. The summed E-state index contributed by atoms with van der Waals surface area (Å²) in [4.78, 5) is 19.4. The molecule has 0 N–H and O–H groups in total. The Morgan fingerprint density at radius 1 is 1.07 bits per heavy atom. The van der Waals surface area contributed by atoms with E-state index in [1.165, 1.54) is 38.8 Å². The second-order valence-corrected chi connectivity index (χ2v) is 8.66. The normalized spacial score (nSPS) is 18.8. The number of hydrogen-bond acceptors (Lipinski definition) is 3. The molecule has 0 radical (unpaired) electrons. The number of carbonyl (C=O) groups is 1. The Bertz CT molecular complexity index is 582. The number of fused-ring (bicyclic) bond motifs is 1. The first kappa shape index (κ1) is 20.3. The fraction of sp³-hybridized carbons (Fsp3) is 0.696.